The van der Waals surface area contributed by atoms with Crippen LogP contribution < -0.4 is 11.5 Å². The van der Waals surface area contributed by atoms with Gasteiger partial charge in [-0.15, -0.1) is 0 Å². The molecule has 0 amide bonds. The van der Waals surface area contributed by atoms with Crippen LogP contribution in [0.25, 0.3) is 0 Å². The lowest BCUT2D eigenvalue weighted by atomic mass is 9.91. The SMILES string of the molecule is [B]/C(N)=C(/C=C(\N)Cl)C(C)C. The fourth-order valence-corrected chi connectivity index (χ4v) is 0.849. The van der Waals surface area contributed by atoms with Crippen LogP contribution in [0.2, 0.25) is 0 Å². The predicted molar refractivity (Wildman–Crippen MR) is 49.9 cm³/mol. The van der Waals surface area contributed by atoms with Crippen molar-refractivity contribution in [1.82, 2.24) is 0 Å². The van der Waals surface area contributed by atoms with E-state index in [2.05, 4.69) is 0 Å². The van der Waals surface area contributed by atoms with Crippen LogP contribution in [-0.4, -0.2) is 7.85 Å². The summed E-state index contributed by atoms with van der Waals surface area (Å²) in [5, 5.41) is 0.196. The maximum atomic E-state index is 5.45. The second kappa shape index (κ2) is 4.34. The molecule has 0 heterocycles. The fourth-order valence-electron chi connectivity index (χ4n) is 0.732. The van der Waals surface area contributed by atoms with Gasteiger partial charge in [-0.3, -0.25) is 0 Å². The molecule has 0 bridgehead atoms. The average Bonchev–Trinajstić information content (AvgIpc) is 1.81. The maximum absolute atomic E-state index is 5.45. The molecule has 0 fully saturated rings. The standard InChI is InChI=1S/C7H12BClN2/c1-4(2)5(7(8)11)3-6(9)10/h3-4H,10-11H2,1-2H3/b6-3-,7-5+. The van der Waals surface area contributed by atoms with E-state index in [9.17, 15) is 0 Å². The number of rotatable bonds is 2. The van der Waals surface area contributed by atoms with E-state index >= 15 is 0 Å². The first-order valence-corrected chi connectivity index (χ1v) is 3.70. The summed E-state index contributed by atoms with van der Waals surface area (Å²) >= 11 is 5.45. The van der Waals surface area contributed by atoms with Gasteiger partial charge in [0.05, 0.1) is 5.16 Å². The second-order valence-corrected chi connectivity index (χ2v) is 3.03. The van der Waals surface area contributed by atoms with Crippen LogP contribution in [0.4, 0.5) is 0 Å². The smallest absolute Gasteiger partial charge is 0.137 e. The van der Waals surface area contributed by atoms with E-state index in [4.69, 9.17) is 30.9 Å². The molecule has 0 unspecified atom stereocenters. The van der Waals surface area contributed by atoms with E-state index in [0.717, 1.165) is 5.57 Å². The highest BCUT2D eigenvalue weighted by atomic mass is 35.5. The van der Waals surface area contributed by atoms with Crippen molar-refractivity contribution in [2.45, 2.75) is 13.8 Å². The summed E-state index contributed by atoms with van der Waals surface area (Å²) in [7, 11) is 5.38. The quantitative estimate of drug-likeness (QED) is 0.369. The molecule has 2 nitrogen and oxygen atoms in total. The number of hydrogen-bond acceptors (Lipinski definition) is 2. The largest absolute Gasteiger partial charge is 0.410 e. The Bertz CT molecular complexity index is 189. The highest BCUT2D eigenvalue weighted by molar-refractivity contribution is 6.29. The number of hydrogen-bond donors (Lipinski definition) is 2. The van der Waals surface area contributed by atoms with Crippen LogP contribution in [0.15, 0.2) is 22.4 Å². The summed E-state index contributed by atoms with van der Waals surface area (Å²) in [5.41, 5.74) is 11.7. The molecule has 0 saturated heterocycles. The number of halogens is 1. The Morgan fingerprint density at radius 3 is 2.00 bits per heavy atom. The Kier molecular flexibility index (Phi) is 4.12. The van der Waals surface area contributed by atoms with E-state index in [1.54, 1.807) is 6.08 Å². The van der Waals surface area contributed by atoms with Gasteiger partial charge in [-0.05, 0) is 23.2 Å². The monoisotopic (exact) mass is 170 g/mol. The van der Waals surface area contributed by atoms with Crippen LogP contribution in [-0.2, 0) is 0 Å². The average molecular weight is 170 g/mol. The van der Waals surface area contributed by atoms with Gasteiger partial charge in [0.1, 0.15) is 7.85 Å². The van der Waals surface area contributed by atoms with Crippen molar-refractivity contribution in [2.24, 2.45) is 17.4 Å². The topological polar surface area (TPSA) is 52.0 Å². The molecule has 0 aromatic heterocycles. The fraction of sp³-hybridized carbons (Fsp3) is 0.429. The lowest BCUT2D eigenvalue weighted by molar-refractivity contribution is 0.784. The lowest BCUT2D eigenvalue weighted by Crippen LogP contribution is -2.06. The van der Waals surface area contributed by atoms with Gasteiger partial charge >= 0.3 is 0 Å². The summed E-state index contributed by atoms with van der Waals surface area (Å²) < 4.78 is 0. The molecular formula is C7H12BClN2. The van der Waals surface area contributed by atoms with Gasteiger partial charge < -0.3 is 11.5 Å². The third kappa shape index (κ3) is 3.99. The van der Waals surface area contributed by atoms with Gasteiger partial charge in [0.2, 0.25) is 0 Å². The molecule has 0 saturated carbocycles. The molecule has 0 aromatic rings. The number of allylic oxidation sites excluding steroid dienone is 2. The zero-order valence-electron chi connectivity index (χ0n) is 6.76. The van der Waals surface area contributed by atoms with Gasteiger partial charge in [0, 0.05) is 0 Å². The van der Waals surface area contributed by atoms with Gasteiger partial charge in [0.15, 0.2) is 0 Å². The molecule has 0 spiro atoms. The van der Waals surface area contributed by atoms with Crippen molar-refractivity contribution in [3.05, 3.63) is 22.4 Å². The van der Waals surface area contributed by atoms with Crippen LogP contribution in [0, 0.1) is 5.92 Å². The summed E-state index contributed by atoms with van der Waals surface area (Å²) in [6.45, 7) is 3.93. The van der Waals surface area contributed by atoms with Gasteiger partial charge in [0.25, 0.3) is 0 Å². The zero-order chi connectivity index (χ0) is 9.02. The van der Waals surface area contributed by atoms with Crippen molar-refractivity contribution in [1.29, 1.82) is 0 Å². The molecular weight excluding hydrogens is 158 g/mol. The Morgan fingerprint density at radius 1 is 1.45 bits per heavy atom. The third-order valence-electron chi connectivity index (χ3n) is 1.25. The molecule has 0 aliphatic carbocycles. The molecule has 60 valence electrons. The van der Waals surface area contributed by atoms with Crippen molar-refractivity contribution in [2.75, 3.05) is 0 Å². The van der Waals surface area contributed by atoms with Crippen molar-refractivity contribution < 1.29 is 0 Å². The number of nitrogens with two attached hydrogens (primary N) is 2. The van der Waals surface area contributed by atoms with Crippen LogP contribution in [0.1, 0.15) is 13.8 Å². The molecule has 4 N–H and O–H groups in total. The zero-order valence-corrected chi connectivity index (χ0v) is 7.52. The first-order chi connectivity index (χ1) is 4.95. The predicted octanol–water partition coefficient (Wildman–Crippen LogP) is 1.02. The molecule has 0 aliphatic heterocycles. The molecule has 0 rings (SSSR count). The van der Waals surface area contributed by atoms with Crippen molar-refractivity contribution in [3.63, 3.8) is 0 Å². The minimum absolute atomic E-state index is 0.196. The summed E-state index contributed by atoms with van der Waals surface area (Å²) in [5.74, 6) is 0.234. The minimum atomic E-state index is 0.196. The second-order valence-electron chi connectivity index (χ2n) is 2.59. The van der Waals surface area contributed by atoms with E-state index in [-0.39, 0.29) is 16.7 Å². The Labute approximate surface area is 73.7 Å². The summed E-state index contributed by atoms with van der Waals surface area (Å²) in [4.78, 5) is 0. The van der Waals surface area contributed by atoms with Crippen molar-refractivity contribution in [3.8, 4) is 0 Å². The Hall–Kier alpha value is -0.565. The van der Waals surface area contributed by atoms with Gasteiger partial charge in [-0.1, -0.05) is 25.4 Å². The molecule has 11 heavy (non-hydrogen) atoms. The minimum Gasteiger partial charge on any atom is -0.410 e. The van der Waals surface area contributed by atoms with Gasteiger partial charge in [-0.25, -0.2) is 0 Å². The normalized spacial score (nSPS) is 15.1. The molecule has 0 aliphatic rings. The first kappa shape index (κ1) is 10.4. The highest BCUT2D eigenvalue weighted by Gasteiger charge is 2.01. The van der Waals surface area contributed by atoms with Crippen LogP contribution in [0.5, 0.6) is 0 Å². The maximum Gasteiger partial charge on any atom is 0.137 e. The molecule has 0 atom stereocenters. The van der Waals surface area contributed by atoms with E-state index in [1.165, 1.54) is 0 Å². The van der Waals surface area contributed by atoms with Crippen LogP contribution in [0.3, 0.4) is 0 Å². The summed E-state index contributed by atoms with van der Waals surface area (Å²) in [6.07, 6.45) is 1.57. The van der Waals surface area contributed by atoms with Crippen LogP contribution >= 0.6 is 11.6 Å². The molecule has 2 radical (unpaired) electrons. The highest BCUT2D eigenvalue weighted by Crippen LogP contribution is 2.14. The Morgan fingerprint density at radius 2 is 1.91 bits per heavy atom. The van der Waals surface area contributed by atoms with Gasteiger partial charge in [-0.2, -0.15) is 0 Å². The van der Waals surface area contributed by atoms with E-state index in [0.29, 0.717) is 0 Å². The molecule has 0 aromatic carbocycles. The lowest BCUT2D eigenvalue weighted by Gasteiger charge is -2.08. The Balaban J connectivity index is 4.66. The summed E-state index contributed by atoms with van der Waals surface area (Å²) in [6, 6.07) is 0. The third-order valence-corrected chi connectivity index (χ3v) is 1.36. The van der Waals surface area contributed by atoms with E-state index in [1.807, 2.05) is 13.8 Å². The van der Waals surface area contributed by atoms with E-state index < -0.39 is 0 Å². The van der Waals surface area contributed by atoms with Crippen molar-refractivity contribution >= 4 is 19.4 Å². The molecule has 4 heteroatoms. The first-order valence-electron chi connectivity index (χ1n) is 3.33.